The second-order valence-corrected chi connectivity index (χ2v) is 4.83. The van der Waals surface area contributed by atoms with Crippen molar-refractivity contribution in [3.8, 4) is 0 Å². The Balaban J connectivity index is 2.20. The topological polar surface area (TPSA) is 34.9 Å². The van der Waals surface area contributed by atoms with Crippen LogP contribution in [0.1, 0.15) is 18.5 Å². The summed E-state index contributed by atoms with van der Waals surface area (Å²) >= 11 is 0. The van der Waals surface area contributed by atoms with Crippen LogP contribution in [-0.2, 0) is 12.7 Å². The summed E-state index contributed by atoms with van der Waals surface area (Å²) in [5.41, 5.74) is -1.14. The van der Waals surface area contributed by atoms with Gasteiger partial charge in [-0.05, 0) is 37.0 Å². The third-order valence-corrected chi connectivity index (χ3v) is 3.26. The SMILES string of the molecule is O=c1ccc2ccc(C(F)(F)F)nc2n1CC1CC1. The molecule has 1 fully saturated rings. The quantitative estimate of drug-likeness (QED) is 0.839. The number of hydrogen-bond acceptors (Lipinski definition) is 2. The number of alkyl halides is 3. The summed E-state index contributed by atoms with van der Waals surface area (Å²) in [6, 6.07) is 5.18. The van der Waals surface area contributed by atoms with Crippen LogP contribution in [0.3, 0.4) is 0 Å². The molecule has 0 spiro atoms. The van der Waals surface area contributed by atoms with Gasteiger partial charge in [0.1, 0.15) is 11.3 Å². The molecule has 1 aliphatic rings. The maximum Gasteiger partial charge on any atom is 0.433 e. The second kappa shape index (κ2) is 4.08. The Morgan fingerprint density at radius 1 is 1.21 bits per heavy atom. The van der Waals surface area contributed by atoms with Gasteiger partial charge >= 0.3 is 6.18 Å². The number of nitrogens with zero attached hydrogens (tertiary/aromatic N) is 2. The van der Waals surface area contributed by atoms with Crippen LogP contribution in [0.2, 0.25) is 0 Å². The lowest BCUT2D eigenvalue weighted by Crippen LogP contribution is -2.22. The lowest BCUT2D eigenvalue weighted by Gasteiger charge is -2.11. The van der Waals surface area contributed by atoms with Crippen molar-refractivity contribution in [3.63, 3.8) is 0 Å². The summed E-state index contributed by atoms with van der Waals surface area (Å²) in [4.78, 5) is 15.4. The van der Waals surface area contributed by atoms with Gasteiger partial charge in [-0.25, -0.2) is 4.98 Å². The van der Waals surface area contributed by atoms with E-state index < -0.39 is 11.9 Å². The zero-order valence-electron chi connectivity index (χ0n) is 9.94. The average molecular weight is 268 g/mol. The van der Waals surface area contributed by atoms with Crippen molar-refractivity contribution in [1.82, 2.24) is 9.55 Å². The lowest BCUT2D eigenvalue weighted by atomic mass is 10.2. The molecule has 0 unspecified atom stereocenters. The first-order valence-electron chi connectivity index (χ1n) is 6.03. The molecule has 3 rings (SSSR count). The van der Waals surface area contributed by atoms with Crippen LogP contribution in [0.15, 0.2) is 29.1 Å². The highest BCUT2D eigenvalue weighted by Crippen LogP contribution is 2.32. The van der Waals surface area contributed by atoms with Crippen LogP contribution in [0.5, 0.6) is 0 Å². The zero-order valence-corrected chi connectivity index (χ0v) is 9.94. The Labute approximate surface area is 106 Å². The second-order valence-electron chi connectivity index (χ2n) is 4.83. The van der Waals surface area contributed by atoms with Crippen molar-refractivity contribution in [1.29, 1.82) is 0 Å². The third kappa shape index (κ3) is 2.34. The van der Waals surface area contributed by atoms with Gasteiger partial charge in [-0.1, -0.05) is 0 Å². The van der Waals surface area contributed by atoms with Gasteiger partial charge in [0, 0.05) is 18.0 Å². The van der Waals surface area contributed by atoms with Crippen molar-refractivity contribution >= 4 is 11.0 Å². The molecule has 0 aromatic carbocycles. The lowest BCUT2D eigenvalue weighted by molar-refractivity contribution is -0.141. The zero-order chi connectivity index (χ0) is 13.6. The van der Waals surface area contributed by atoms with Crippen LogP contribution < -0.4 is 5.56 Å². The summed E-state index contributed by atoms with van der Waals surface area (Å²) in [6.45, 7) is 0.449. The van der Waals surface area contributed by atoms with Gasteiger partial charge < -0.3 is 0 Å². The van der Waals surface area contributed by atoms with E-state index in [2.05, 4.69) is 4.98 Å². The normalized spacial score (nSPS) is 15.9. The van der Waals surface area contributed by atoms with Crippen LogP contribution >= 0.6 is 0 Å². The fourth-order valence-corrected chi connectivity index (χ4v) is 2.05. The highest BCUT2D eigenvalue weighted by molar-refractivity contribution is 5.75. The van der Waals surface area contributed by atoms with Crippen LogP contribution in [0.25, 0.3) is 11.0 Å². The first kappa shape index (κ1) is 12.2. The number of fused-ring (bicyclic) bond motifs is 1. The van der Waals surface area contributed by atoms with Crippen LogP contribution in [0.4, 0.5) is 13.2 Å². The molecule has 19 heavy (non-hydrogen) atoms. The summed E-state index contributed by atoms with van der Waals surface area (Å²) in [6.07, 6.45) is -2.46. The molecule has 1 saturated carbocycles. The van der Waals surface area contributed by atoms with Crippen molar-refractivity contribution < 1.29 is 13.2 Å². The van der Waals surface area contributed by atoms with E-state index in [-0.39, 0.29) is 11.2 Å². The van der Waals surface area contributed by atoms with Crippen molar-refractivity contribution in [3.05, 3.63) is 40.3 Å². The smallest absolute Gasteiger partial charge is 0.292 e. The monoisotopic (exact) mass is 268 g/mol. The standard InChI is InChI=1S/C13H11F3N2O/c14-13(15,16)10-5-3-9-4-6-11(19)18(12(9)17-10)7-8-1-2-8/h3-6,8H,1-2,7H2. The number of halogens is 3. The van der Waals surface area contributed by atoms with Crippen molar-refractivity contribution in [2.45, 2.75) is 25.6 Å². The van der Waals surface area contributed by atoms with Crippen molar-refractivity contribution in [2.24, 2.45) is 5.92 Å². The van der Waals surface area contributed by atoms with Crippen LogP contribution in [0, 0.1) is 5.92 Å². The minimum Gasteiger partial charge on any atom is -0.292 e. The first-order chi connectivity index (χ1) is 8.95. The summed E-state index contributed by atoms with van der Waals surface area (Å²) in [5.74, 6) is 0.389. The fraction of sp³-hybridized carbons (Fsp3) is 0.385. The molecule has 6 heteroatoms. The van der Waals surface area contributed by atoms with E-state index in [0.29, 0.717) is 17.8 Å². The summed E-state index contributed by atoms with van der Waals surface area (Å²) in [5, 5.41) is 0.549. The molecule has 0 amide bonds. The van der Waals surface area contributed by atoms with Crippen LogP contribution in [-0.4, -0.2) is 9.55 Å². The Morgan fingerprint density at radius 2 is 1.89 bits per heavy atom. The van der Waals surface area contributed by atoms with E-state index in [0.717, 1.165) is 18.9 Å². The molecular formula is C13H11F3N2O. The van der Waals surface area contributed by atoms with Gasteiger partial charge in [0.15, 0.2) is 0 Å². The average Bonchev–Trinajstić information content (AvgIpc) is 3.15. The predicted octanol–water partition coefficient (Wildman–Crippen LogP) is 2.83. The van der Waals surface area contributed by atoms with E-state index in [1.807, 2.05) is 0 Å². The maximum atomic E-state index is 12.7. The van der Waals surface area contributed by atoms with E-state index in [1.54, 1.807) is 0 Å². The molecule has 2 heterocycles. The molecule has 0 bridgehead atoms. The van der Waals surface area contributed by atoms with Crippen molar-refractivity contribution in [2.75, 3.05) is 0 Å². The molecule has 1 aliphatic carbocycles. The molecule has 0 saturated heterocycles. The number of hydrogen-bond donors (Lipinski definition) is 0. The Bertz CT molecular complexity index is 686. The van der Waals surface area contributed by atoms with Gasteiger partial charge in [-0.2, -0.15) is 13.2 Å². The minimum atomic E-state index is -4.50. The molecule has 0 N–H and O–H groups in total. The molecule has 0 aliphatic heterocycles. The molecule has 100 valence electrons. The molecular weight excluding hydrogens is 257 g/mol. The summed E-state index contributed by atoms with van der Waals surface area (Å²) < 4.78 is 39.4. The number of pyridine rings is 2. The highest BCUT2D eigenvalue weighted by atomic mass is 19.4. The molecule has 0 atom stereocenters. The van der Waals surface area contributed by atoms with Gasteiger partial charge in [0.2, 0.25) is 0 Å². The number of rotatable bonds is 2. The van der Waals surface area contributed by atoms with E-state index in [1.165, 1.54) is 22.8 Å². The fourth-order valence-electron chi connectivity index (χ4n) is 2.05. The first-order valence-corrected chi connectivity index (χ1v) is 6.03. The Kier molecular flexibility index (Phi) is 2.62. The van der Waals surface area contributed by atoms with E-state index >= 15 is 0 Å². The van der Waals surface area contributed by atoms with Gasteiger partial charge in [0.25, 0.3) is 5.56 Å². The molecule has 2 aromatic heterocycles. The summed E-state index contributed by atoms with van der Waals surface area (Å²) in [7, 11) is 0. The molecule has 3 nitrogen and oxygen atoms in total. The Hall–Kier alpha value is -1.85. The van der Waals surface area contributed by atoms with Gasteiger partial charge in [-0.15, -0.1) is 0 Å². The van der Waals surface area contributed by atoms with E-state index in [4.69, 9.17) is 0 Å². The molecule has 2 aromatic rings. The van der Waals surface area contributed by atoms with Gasteiger partial charge in [-0.3, -0.25) is 9.36 Å². The largest absolute Gasteiger partial charge is 0.433 e. The molecule has 0 radical (unpaired) electrons. The maximum absolute atomic E-state index is 12.7. The van der Waals surface area contributed by atoms with E-state index in [9.17, 15) is 18.0 Å². The minimum absolute atomic E-state index is 0.120. The number of aromatic nitrogens is 2. The Morgan fingerprint density at radius 3 is 2.53 bits per heavy atom. The highest BCUT2D eigenvalue weighted by Gasteiger charge is 2.33. The third-order valence-electron chi connectivity index (χ3n) is 3.26. The predicted molar refractivity (Wildman–Crippen MR) is 63.7 cm³/mol. The van der Waals surface area contributed by atoms with Gasteiger partial charge in [0.05, 0.1) is 0 Å².